The van der Waals surface area contributed by atoms with Crippen molar-refractivity contribution < 1.29 is 13.3 Å². The highest BCUT2D eigenvalue weighted by Gasteiger charge is 2.39. The fourth-order valence-corrected chi connectivity index (χ4v) is 7.07. The average molecular weight is 449 g/mol. The van der Waals surface area contributed by atoms with E-state index in [1.165, 1.54) is 4.90 Å². The van der Waals surface area contributed by atoms with Crippen LogP contribution in [0, 0.1) is 10.1 Å². The van der Waals surface area contributed by atoms with E-state index in [1.54, 1.807) is 14.1 Å². The van der Waals surface area contributed by atoms with Gasteiger partial charge in [0.05, 0.1) is 4.92 Å². The second-order valence-corrected chi connectivity index (χ2v) is 12.5. The van der Waals surface area contributed by atoms with Gasteiger partial charge in [-0.2, -0.15) is 8.42 Å². The van der Waals surface area contributed by atoms with E-state index in [0.717, 1.165) is 18.4 Å². The molecule has 22 heavy (non-hydrogen) atoms. The molecule has 126 valence electrons. The van der Waals surface area contributed by atoms with Crippen LogP contribution in [0.15, 0.2) is 0 Å². The lowest BCUT2D eigenvalue weighted by molar-refractivity contribution is -0.382. The van der Waals surface area contributed by atoms with Crippen molar-refractivity contribution in [2.24, 2.45) is 0 Å². The maximum atomic E-state index is 12.2. The number of hydrogen-bond donors (Lipinski definition) is 0. The Morgan fingerprint density at radius 1 is 1.27 bits per heavy atom. The molecule has 0 bridgehead atoms. The second kappa shape index (κ2) is 6.96. The standard InChI is InChI=1S/C8H9Cl4N3O4S3/c1-13(2)7-5(15(16)17)4(6(9)20-7)14(3)22(18,19)21-8(10,11)12/h1-3H3. The number of rotatable bonds is 5. The lowest BCUT2D eigenvalue weighted by atomic mass is 10.4. The van der Waals surface area contributed by atoms with E-state index in [9.17, 15) is 18.5 Å². The van der Waals surface area contributed by atoms with E-state index in [4.69, 9.17) is 46.4 Å². The summed E-state index contributed by atoms with van der Waals surface area (Å²) >= 11 is 23.2. The van der Waals surface area contributed by atoms with Crippen molar-refractivity contribution >= 4 is 94.0 Å². The molecular formula is C8H9Cl4N3O4S3. The predicted octanol–water partition coefficient (Wildman–Crippen LogP) is 4.12. The van der Waals surface area contributed by atoms with Crippen LogP contribution in [0.2, 0.25) is 4.34 Å². The first-order valence-corrected chi connectivity index (χ1v) is 10.3. The fourth-order valence-electron chi connectivity index (χ4n) is 1.40. The molecule has 0 aliphatic heterocycles. The van der Waals surface area contributed by atoms with Crippen molar-refractivity contribution in [2.45, 2.75) is 3.12 Å². The molecule has 0 aromatic carbocycles. The van der Waals surface area contributed by atoms with Crippen molar-refractivity contribution in [1.29, 1.82) is 0 Å². The summed E-state index contributed by atoms with van der Waals surface area (Å²) in [7, 11) is 0.0467. The van der Waals surface area contributed by atoms with Crippen LogP contribution in [-0.2, 0) is 9.06 Å². The highest BCUT2D eigenvalue weighted by Crippen LogP contribution is 2.52. The molecule has 0 aliphatic carbocycles. The van der Waals surface area contributed by atoms with Gasteiger partial charge in [-0.05, 0) is 0 Å². The van der Waals surface area contributed by atoms with Gasteiger partial charge in [0.15, 0.2) is 10.7 Å². The van der Waals surface area contributed by atoms with Gasteiger partial charge in [0.25, 0.3) is 12.2 Å². The first-order chi connectivity index (χ1) is 9.78. The number of alkyl halides is 3. The quantitative estimate of drug-likeness (QED) is 0.291. The first kappa shape index (κ1) is 20.2. The zero-order valence-corrected chi connectivity index (χ0v) is 16.7. The lowest BCUT2D eigenvalue weighted by Gasteiger charge is -2.20. The Bertz CT molecular complexity index is 686. The number of halogens is 4. The summed E-state index contributed by atoms with van der Waals surface area (Å²) in [6, 6.07) is 0. The van der Waals surface area contributed by atoms with Gasteiger partial charge in [0.2, 0.25) is 0 Å². The van der Waals surface area contributed by atoms with Gasteiger partial charge in [-0.15, -0.1) is 0 Å². The van der Waals surface area contributed by atoms with E-state index >= 15 is 0 Å². The molecule has 14 heteroatoms. The minimum Gasteiger partial charge on any atom is -0.364 e. The maximum absolute atomic E-state index is 12.2. The Hall–Kier alpha value is 0.160. The highest BCUT2D eigenvalue weighted by molar-refractivity contribution is 8.74. The van der Waals surface area contributed by atoms with Crippen LogP contribution in [0.4, 0.5) is 16.4 Å². The molecule has 0 unspecified atom stereocenters. The summed E-state index contributed by atoms with van der Waals surface area (Å²) in [5.41, 5.74) is -0.710. The van der Waals surface area contributed by atoms with Crippen LogP contribution in [0.5, 0.6) is 0 Å². The Morgan fingerprint density at radius 3 is 2.14 bits per heavy atom. The third-order valence-electron chi connectivity index (χ3n) is 2.24. The molecule has 0 aliphatic rings. The summed E-state index contributed by atoms with van der Waals surface area (Å²) in [4.78, 5) is 12.0. The summed E-state index contributed by atoms with van der Waals surface area (Å²) < 4.78 is 22.8. The van der Waals surface area contributed by atoms with Crippen molar-refractivity contribution in [2.75, 3.05) is 30.3 Å². The van der Waals surface area contributed by atoms with Crippen molar-refractivity contribution in [3.63, 3.8) is 0 Å². The molecule has 0 N–H and O–H groups in total. The van der Waals surface area contributed by atoms with Crippen molar-refractivity contribution in [3.8, 4) is 0 Å². The number of nitro groups is 1. The molecule has 0 saturated carbocycles. The molecule has 0 saturated heterocycles. The molecule has 0 radical (unpaired) electrons. The topological polar surface area (TPSA) is 83.8 Å². The Morgan fingerprint density at radius 2 is 1.77 bits per heavy atom. The van der Waals surface area contributed by atoms with Gasteiger partial charge in [-0.1, -0.05) is 57.7 Å². The normalized spacial score (nSPS) is 12.3. The monoisotopic (exact) mass is 447 g/mol. The maximum Gasteiger partial charge on any atom is 0.329 e. The molecule has 1 heterocycles. The van der Waals surface area contributed by atoms with Gasteiger partial charge >= 0.3 is 5.69 Å². The summed E-state index contributed by atoms with van der Waals surface area (Å²) in [6.45, 7) is 0. The van der Waals surface area contributed by atoms with Crippen LogP contribution >= 0.6 is 68.5 Å². The summed E-state index contributed by atoms with van der Waals surface area (Å²) in [6.07, 6.45) is 0. The predicted molar refractivity (Wildman–Crippen MR) is 95.5 cm³/mol. The third-order valence-corrected chi connectivity index (χ3v) is 8.60. The van der Waals surface area contributed by atoms with Crippen LogP contribution in [0.1, 0.15) is 0 Å². The van der Waals surface area contributed by atoms with Gasteiger partial charge < -0.3 is 4.90 Å². The molecule has 0 fully saturated rings. The zero-order chi connectivity index (χ0) is 17.5. The van der Waals surface area contributed by atoms with Gasteiger partial charge in [0.1, 0.15) is 4.34 Å². The van der Waals surface area contributed by atoms with E-state index in [-0.39, 0.29) is 25.8 Å². The zero-order valence-electron chi connectivity index (χ0n) is 11.2. The smallest absolute Gasteiger partial charge is 0.329 e. The minimum absolute atomic E-state index is 0.0130. The molecule has 0 spiro atoms. The average Bonchev–Trinajstić information content (AvgIpc) is 2.62. The molecule has 0 atom stereocenters. The summed E-state index contributed by atoms with van der Waals surface area (Å²) in [5, 5.41) is 11.5. The SMILES string of the molecule is CN(C)c1sc(Cl)c(N(C)S(=O)(=O)SC(Cl)(Cl)Cl)c1[N+](=O)[O-]. The van der Waals surface area contributed by atoms with Crippen LogP contribution in [0.25, 0.3) is 0 Å². The largest absolute Gasteiger partial charge is 0.364 e. The number of thiophene rings is 1. The third kappa shape index (κ3) is 4.59. The molecule has 1 aromatic heterocycles. The van der Waals surface area contributed by atoms with Crippen molar-refractivity contribution in [3.05, 3.63) is 14.5 Å². The lowest BCUT2D eigenvalue weighted by Crippen LogP contribution is -2.26. The van der Waals surface area contributed by atoms with Crippen LogP contribution in [0.3, 0.4) is 0 Å². The van der Waals surface area contributed by atoms with Gasteiger partial charge in [-0.3, -0.25) is 14.4 Å². The van der Waals surface area contributed by atoms with E-state index in [0.29, 0.717) is 4.31 Å². The van der Waals surface area contributed by atoms with Crippen molar-refractivity contribution in [1.82, 2.24) is 0 Å². The van der Waals surface area contributed by atoms with E-state index in [2.05, 4.69) is 0 Å². The Labute approximate surface area is 154 Å². The minimum atomic E-state index is -4.21. The number of anilines is 2. The first-order valence-electron chi connectivity index (χ1n) is 5.18. The molecule has 1 aromatic rings. The van der Waals surface area contributed by atoms with Crippen LogP contribution in [-0.4, -0.2) is 37.6 Å². The molecule has 1 rings (SSSR count). The van der Waals surface area contributed by atoms with Crippen LogP contribution < -0.4 is 9.21 Å². The molecule has 0 amide bonds. The Kier molecular flexibility index (Phi) is 6.39. The number of nitrogens with zero attached hydrogens (tertiary/aromatic N) is 3. The summed E-state index contributed by atoms with van der Waals surface area (Å²) in [5.74, 6) is 0. The van der Waals surface area contributed by atoms with Gasteiger partial charge in [0, 0.05) is 31.9 Å². The fraction of sp³-hybridized carbons (Fsp3) is 0.500. The van der Waals surface area contributed by atoms with E-state index < -0.39 is 22.8 Å². The highest BCUT2D eigenvalue weighted by atomic mass is 35.6. The molecular weight excluding hydrogens is 440 g/mol. The Balaban J connectivity index is 3.47. The van der Waals surface area contributed by atoms with E-state index in [1.807, 2.05) is 0 Å². The second-order valence-electron chi connectivity index (χ2n) is 3.98. The van der Waals surface area contributed by atoms with Gasteiger partial charge in [-0.25, -0.2) is 0 Å². The molecule has 7 nitrogen and oxygen atoms in total. The number of hydrogen-bond acceptors (Lipinski definition) is 7.